The van der Waals surface area contributed by atoms with Crippen molar-refractivity contribution in [2.24, 2.45) is 5.92 Å². The molecule has 0 aliphatic heterocycles. The lowest BCUT2D eigenvalue weighted by Gasteiger charge is -2.22. The highest BCUT2D eigenvalue weighted by molar-refractivity contribution is 5.73. The number of ether oxygens (including phenoxy) is 1. The number of aromatic nitrogens is 2. The van der Waals surface area contributed by atoms with Crippen LogP contribution in [-0.2, 0) is 11.3 Å². The highest BCUT2D eigenvalue weighted by Crippen LogP contribution is 2.09. The number of rotatable bonds is 7. The van der Waals surface area contributed by atoms with Gasteiger partial charge in [0, 0.05) is 19.2 Å². The molecular formula is C16H23N3O. The van der Waals surface area contributed by atoms with Crippen LogP contribution in [0, 0.1) is 5.92 Å². The second-order valence-electron chi connectivity index (χ2n) is 5.24. The van der Waals surface area contributed by atoms with Crippen molar-refractivity contribution in [2.75, 3.05) is 13.2 Å². The van der Waals surface area contributed by atoms with Gasteiger partial charge in [0.2, 0.25) is 0 Å². The molecule has 0 amide bonds. The smallest absolute Gasteiger partial charge is 0.0890 e. The van der Waals surface area contributed by atoms with Gasteiger partial charge in [0.15, 0.2) is 0 Å². The Morgan fingerprint density at radius 3 is 2.65 bits per heavy atom. The minimum absolute atomic E-state index is 0.336. The van der Waals surface area contributed by atoms with Gasteiger partial charge in [-0.2, -0.15) is 0 Å². The van der Waals surface area contributed by atoms with Crippen LogP contribution in [0.25, 0.3) is 11.0 Å². The molecule has 1 unspecified atom stereocenters. The Labute approximate surface area is 120 Å². The molecule has 1 aromatic heterocycles. The summed E-state index contributed by atoms with van der Waals surface area (Å²) < 4.78 is 5.52. The fourth-order valence-corrected chi connectivity index (χ4v) is 2.05. The van der Waals surface area contributed by atoms with Crippen molar-refractivity contribution in [3.63, 3.8) is 0 Å². The molecule has 1 aromatic carbocycles. The molecule has 0 spiro atoms. The molecule has 0 bridgehead atoms. The Morgan fingerprint density at radius 1 is 1.20 bits per heavy atom. The Morgan fingerprint density at radius 2 is 1.95 bits per heavy atom. The van der Waals surface area contributed by atoms with Gasteiger partial charge >= 0.3 is 0 Å². The number of para-hydroxylation sites is 2. The van der Waals surface area contributed by atoms with Gasteiger partial charge < -0.3 is 10.1 Å². The van der Waals surface area contributed by atoms with Gasteiger partial charge in [-0.15, -0.1) is 0 Å². The van der Waals surface area contributed by atoms with Crippen molar-refractivity contribution in [3.05, 3.63) is 36.2 Å². The van der Waals surface area contributed by atoms with E-state index in [0.717, 1.165) is 29.9 Å². The van der Waals surface area contributed by atoms with E-state index in [2.05, 4.69) is 29.1 Å². The molecule has 0 saturated heterocycles. The molecule has 4 nitrogen and oxygen atoms in total. The number of hydrogen-bond donors (Lipinski definition) is 1. The predicted molar refractivity (Wildman–Crippen MR) is 81.5 cm³/mol. The molecule has 0 aliphatic rings. The molecule has 2 aromatic rings. The number of nitrogens with one attached hydrogen (secondary N) is 1. The van der Waals surface area contributed by atoms with Crippen molar-refractivity contribution >= 4 is 11.0 Å². The first-order chi connectivity index (χ1) is 9.70. The van der Waals surface area contributed by atoms with E-state index in [4.69, 9.17) is 4.74 Å². The van der Waals surface area contributed by atoms with Crippen LogP contribution in [0.15, 0.2) is 30.5 Å². The first kappa shape index (κ1) is 14.9. The van der Waals surface area contributed by atoms with E-state index in [1.807, 2.05) is 37.4 Å². The Hall–Kier alpha value is -1.52. The Balaban J connectivity index is 2.00. The van der Waals surface area contributed by atoms with Gasteiger partial charge in [-0.1, -0.05) is 26.0 Å². The summed E-state index contributed by atoms with van der Waals surface area (Å²) in [5.74, 6) is 0.523. The molecule has 0 saturated carbocycles. The Bertz CT molecular complexity index is 542. The maximum Gasteiger partial charge on any atom is 0.0890 e. The zero-order valence-electron chi connectivity index (χ0n) is 12.5. The number of hydrogen-bond acceptors (Lipinski definition) is 4. The highest BCUT2D eigenvalue weighted by Gasteiger charge is 2.13. The largest absolute Gasteiger partial charge is 0.380 e. The van der Waals surface area contributed by atoms with Crippen LogP contribution in [0.3, 0.4) is 0 Å². The summed E-state index contributed by atoms with van der Waals surface area (Å²) in [5, 5.41) is 3.51. The van der Waals surface area contributed by atoms with Gasteiger partial charge in [0.05, 0.1) is 29.5 Å². The first-order valence-electron chi connectivity index (χ1n) is 7.22. The third-order valence-electron chi connectivity index (χ3n) is 3.35. The molecule has 0 aliphatic carbocycles. The maximum absolute atomic E-state index is 5.52. The molecule has 1 heterocycles. The number of benzene rings is 1. The third-order valence-corrected chi connectivity index (χ3v) is 3.35. The number of nitrogens with zero attached hydrogens (tertiary/aromatic N) is 2. The van der Waals surface area contributed by atoms with E-state index in [0.29, 0.717) is 18.5 Å². The highest BCUT2D eigenvalue weighted by atomic mass is 16.5. The zero-order valence-corrected chi connectivity index (χ0v) is 12.5. The zero-order chi connectivity index (χ0) is 14.4. The monoisotopic (exact) mass is 273 g/mol. The van der Waals surface area contributed by atoms with Crippen molar-refractivity contribution in [1.82, 2.24) is 15.3 Å². The lowest BCUT2D eigenvalue weighted by atomic mass is 10.1. The van der Waals surface area contributed by atoms with E-state index >= 15 is 0 Å². The topological polar surface area (TPSA) is 47.0 Å². The summed E-state index contributed by atoms with van der Waals surface area (Å²) in [5.41, 5.74) is 2.84. The van der Waals surface area contributed by atoms with Crippen LogP contribution in [-0.4, -0.2) is 29.2 Å². The van der Waals surface area contributed by atoms with Crippen molar-refractivity contribution < 1.29 is 4.74 Å². The Kier molecular flexibility index (Phi) is 5.44. The van der Waals surface area contributed by atoms with Crippen LogP contribution in [0.1, 0.15) is 26.5 Å². The quantitative estimate of drug-likeness (QED) is 0.842. The van der Waals surface area contributed by atoms with Crippen LogP contribution in [0.5, 0.6) is 0 Å². The molecule has 1 N–H and O–H groups in total. The summed E-state index contributed by atoms with van der Waals surface area (Å²) >= 11 is 0. The standard InChI is InChI=1S/C16H23N3O/c1-4-20-11-16(12(2)3)18-10-13-9-17-14-7-5-6-8-15(14)19-13/h5-9,12,16,18H,4,10-11H2,1-3H3. The van der Waals surface area contributed by atoms with Crippen LogP contribution < -0.4 is 5.32 Å². The normalized spacial score (nSPS) is 13.0. The molecule has 0 fully saturated rings. The summed E-state index contributed by atoms with van der Waals surface area (Å²) in [6.45, 7) is 8.61. The maximum atomic E-state index is 5.52. The van der Waals surface area contributed by atoms with Gasteiger partial charge in [0.1, 0.15) is 0 Å². The van der Waals surface area contributed by atoms with Crippen molar-refractivity contribution in [2.45, 2.75) is 33.4 Å². The minimum Gasteiger partial charge on any atom is -0.380 e. The predicted octanol–water partition coefficient (Wildman–Crippen LogP) is 2.78. The van der Waals surface area contributed by atoms with Crippen LogP contribution >= 0.6 is 0 Å². The fraction of sp³-hybridized carbons (Fsp3) is 0.500. The molecule has 20 heavy (non-hydrogen) atoms. The molecule has 1 atom stereocenters. The van der Waals surface area contributed by atoms with Gasteiger partial charge in [-0.05, 0) is 25.0 Å². The van der Waals surface area contributed by atoms with E-state index in [-0.39, 0.29) is 0 Å². The molecule has 4 heteroatoms. The molecular weight excluding hydrogens is 250 g/mol. The number of fused-ring (bicyclic) bond motifs is 1. The second kappa shape index (κ2) is 7.31. The third kappa shape index (κ3) is 3.99. The summed E-state index contributed by atoms with van der Waals surface area (Å²) in [4.78, 5) is 9.05. The van der Waals surface area contributed by atoms with Gasteiger partial charge in [0.25, 0.3) is 0 Å². The van der Waals surface area contributed by atoms with Gasteiger partial charge in [-0.25, -0.2) is 4.98 Å². The lowest BCUT2D eigenvalue weighted by molar-refractivity contribution is 0.107. The summed E-state index contributed by atoms with van der Waals surface area (Å²) in [6.07, 6.45) is 1.84. The molecule has 0 radical (unpaired) electrons. The van der Waals surface area contributed by atoms with Crippen LogP contribution in [0.4, 0.5) is 0 Å². The first-order valence-corrected chi connectivity index (χ1v) is 7.22. The van der Waals surface area contributed by atoms with E-state index in [1.165, 1.54) is 0 Å². The van der Waals surface area contributed by atoms with Crippen molar-refractivity contribution in [3.8, 4) is 0 Å². The molecule has 108 valence electrons. The lowest BCUT2D eigenvalue weighted by Crippen LogP contribution is -2.37. The fourth-order valence-electron chi connectivity index (χ4n) is 2.05. The average molecular weight is 273 g/mol. The van der Waals surface area contributed by atoms with E-state index in [1.54, 1.807) is 0 Å². The van der Waals surface area contributed by atoms with Crippen LogP contribution in [0.2, 0.25) is 0 Å². The van der Waals surface area contributed by atoms with Gasteiger partial charge in [-0.3, -0.25) is 4.98 Å². The second-order valence-corrected chi connectivity index (χ2v) is 5.24. The molecule has 2 rings (SSSR count). The summed E-state index contributed by atoms with van der Waals surface area (Å²) in [7, 11) is 0. The SMILES string of the molecule is CCOCC(NCc1cnc2ccccc2n1)C(C)C. The average Bonchev–Trinajstić information content (AvgIpc) is 2.46. The van der Waals surface area contributed by atoms with Crippen molar-refractivity contribution in [1.29, 1.82) is 0 Å². The van der Waals surface area contributed by atoms with E-state index in [9.17, 15) is 0 Å². The van der Waals surface area contributed by atoms with E-state index < -0.39 is 0 Å². The summed E-state index contributed by atoms with van der Waals surface area (Å²) in [6, 6.07) is 8.27. The minimum atomic E-state index is 0.336.